The van der Waals surface area contributed by atoms with Crippen molar-refractivity contribution in [3.63, 3.8) is 0 Å². The third-order valence-corrected chi connectivity index (χ3v) is 6.71. The summed E-state index contributed by atoms with van der Waals surface area (Å²) in [7, 11) is 1.48. The highest BCUT2D eigenvalue weighted by molar-refractivity contribution is 7.98. The number of benzene rings is 1. The molecule has 26 heavy (non-hydrogen) atoms. The van der Waals surface area contributed by atoms with Crippen LogP contribution in [0.1, 0.15) is 55.3 Å². The van der Waals surface area contributed by atoms with Gasteiger partial charge in [-0.15, -0.1) is 11.8 Å². The minimum Gasteiger partial charge on any atom is -0.495 e. The van der Waals surface area contributed by atoms with E-state index in [2.05, 4.69) is 0 Å². The van der Waals surface area contributed by atoms with Gasteiger partial charge >= 0.3 is 0 Å². The summed E-state index contributed by atoms with van der Waals surface area (Å²) in [6.45, 7) is 1.38. The Morgan fingerprint density at radius 2 is 1.85 bits per heavy atom. The Balaban J connectivity index is 1.82. The molecule has 1 heterocycles. The molecular formula is C19H26N2O4S. The summed E-state index contributed by atoms with van der Waals surface area (Å²) in [6.07, 6.45) is 10.3. The second-order valence-electron chi connectivity index (χ2n) is 7.33. The minimum absolute atomic E-state index is 0.166. The fourth-order valence-electron chi connectivity index (χ4n) is 4.35. The average Bonchev–Trinajstić information content (AvgIpc) is 2.67. The first kappa shape index (κ1) is 19.0. The summed E-state index contributed by atoms with van der Waals surface area (Å²) in [5.74, 6) is 0.195. The van der Waals surface area contributed by atoms with Gasteiger partial charge in [0.25, 0.3) is 11.6 Å². The molecule has 0 atom stereocenters. The number of amides is 1. The highest BCUT2D eigenvalue weighted by Crippen LogP contribution is 2.45. The first-order chi connectivity index (χ1) is 12.5. The lowest BCUT2D eigenvalue weighted by atomic mass is 9.68. The van der Waals surface area contributed by atoms with E-state index in [0.717, 1.165) is 17.7 Å². The van der Waals surface area contributed by atoms with Crippen molar-refractivity contribution in [1.82, 2.24) is 4.90 Å². The van der Waals surface area contributed by atoms with E-state index in [9.17, 15) is 14.9 Å². The number of ether oxygens (including phenoxy) is 1. The number of rotatable bonds is 4. The number of methoxy groups -OCH3 is 1. The smallest absolute Gasteiger partial charge is 0.285 e. The summed E-state index contributed by atoms with van der Waals surface area (Å²) in [5, 5.41) is 11.5. The lowest BCUT2D eigenvalue weighted by Crippen LogP contribution is -2.44. The van der Waals surface area contributed by atoms with Crippen LogP contribution in [0.4, 0.5) is 5.69 Å². The summed E-state index contributed by atoms with van der Waals surface area (Å²) < 4.78 is 5.23. The van der Waals surface area contributed by atoms with Crippen molar-refractivity contribution in [3.8, 4) is 5.75 Å². The molecule has 6 nitrogen and oxygen atoms in total. The number of hydrogen-bond donors (Lipinski definition) is 0. The summed E-state index contributed by atoms with van der Waals surface area (Å²) in [6, 6.07) is 2.97. The zero-order chi connectivity index (χ0) is 18.7. The molecule has 0 bridgehead atoms. The van der Waals surface area contributed by atoms with Gasteiger partial charge in [-0.05, 0) is 43.4 Å². The normalized spacial score (nSPS) is 19.4. The van der Waals surface area contributed by atoms with Gasteiger partial charge in [0, 0.05) is 13.1 Å². The maximum absolute atomic E-state index is 13.0. The van der Waals surface area contributed by atoms with Gasteiger partial charge in [0.05, 0.1) is 23.0 Å². The van der Waals surface area contributed by atoms with Crippen LogP contribution in [0.2, 0.25) is 0 Å². The highest BCUT2D eigenvalue weighted by atomic mass is 32.2. The third kappa shape index (κ3) is 3.68. The average molecular weight is 378 g/mol. The lowest BCUT2D eigenvalue weighted by molar-refractivity contribution is -0.385. The summed E-state index contributed by atoms with van der Waals surface area (Å²) in [5.41, 5.74) is 0.382. The lowest BCUT2D eigenvalue weighted by Gasteiger charge is -2.44. The zero-order valence-electron chi connectivity index (χ0n) is 15.5. The van der Waals surface area contributed by atoms with E-state index in [1.54, 1.807) is 11.0 Å². The molecule has 1 saturated heterocycles. The Morgan fingerprint density at radius 3 is 2.38 bits per heavy atom. The first-order valence-electron chi connectivity index (χ1n) is 9.19. The fourth-order valence-corrected chi connectivity index (χ4v) is 4.93. The Hall–Kier alpha value is -1.76. The molecule has 142 valence electrons. The highest BCUT2D eigenvalue weighted by Gasteiger charge is 2.38. The van der Waals surface area contributed by atoms with Gasteiger partial charge in [-0.25, -0.2) is 0 Å². The van der Waals surface area contributed by atoms with Crippen molar-refractivity contribution < 1.29 is 14.5 Å². The summed E-state index contributed by atoms with van der Waals surface area (Å²) in [4.78, 5) is 26.6. The minimum atomic E-state index is -0.494. The second kappa shape index (κ2) is 7.86. The number of carbonyl (C=O) groups excluding carboxylic acids is 1. The van der Waals surface area contributed by atoms with Crippen LogP contribution in [0.3, 0.4) is 0 Å². The number of nitrogens with zero attached hydrogens (tertiary/aromatic N) is 2. The maximum Gasteiger partial charge on any atom is 0.285 e. The van der Waals surface area contributed by atoms with Crippen LogP contribution in [-0.2, 0) is 0 Å². The molecule has 1 aliphatic heterocycles. The van der Waals surface area contributed by atoms with Crippen molar-refractivity contribution in [2.75, 3.05) is 26.5 Å². The largest absolute Gasteiger partial charge is 0.495 e. The van der Waals surface area contributed by atoms with Gasteiger partial charge in [-0.3, -0.25) is 14.9 Å². The molecular weight excluding hydrogens is 352 g/mol. The zero-order valence-corrected chi connectivity index (χ0v) is 16.3. The topological polar surface area (TPSA) is 72.7 Å². The Kier molecular flexibility index (Phi) is 5.75. The molecule has 0 aromatic heterocycles. The Morgan fingerprint density at radius 1 is 1.19 bits per heavy atom. The number of thioether (sulfide) groups is 1. The van der Waals surface area contributed by atoms with Crippen molar-refractivity contribution >= 4 is 23.4 Å². The maximum atomic E-state index is 13.0. The monoisotopic (exact) mass is 378 g/mol. The van der Waals surface area contributed by atoms with Crippen LogP contribution >= 0.6 is 11.8 Å². The predicted molar refractivity (Wildman–Crippen MR) is 102 cm³/mol. The van der Waals surface area contributed by atoms with E-state index in [1.165, 1.54) is 57.0 Å². The van der Waals surface area contributed by atoms with E-state index in [-0.39, 0.29) is 17.2 Å². The Bertz CT molecular complexity index is 691. The van der Waals surface area contributed by atoms with Gasteiger partial charge in [-0.1, -0.05) is 19.3 Å². The van der Waals surface area contributed by atoms with Crippen LogP contribution in [-0.4, -0.2) is 42.2 Å². The number of hydrogen-bond acceptors (Lipinski definition) is 5. The summed E-state index contributed by atoms with van der Waals surface area (Å²) >= 11 is 1.42. The van der Waals surface area contributed by atoms with Crippen molar-refractivity contribution in [1.29, 1.82) is 0 Å². The van der Waals surface area contributed by atoms with Gasteiger partial charge in [-0.2, -0.15) is 0 Å². The standard InChI is InChI=1S/C19H26N2O4S/c1-25-16-13-15(21(23)24)14(12-17(16)26-2)18(22)20-10-8-19(9-11-20)6-4-3-5-7-19/h12-13H,3-11H2,1-2H3. The SMILES string of the molecule is COc1cc([N+](=O)[O-])c(C(=O)N2CCC3(CCCCC3)CC2)cc1SC. The van der Waals surface area contributed by atoms with Gasteiger partial charge in [0.1, 0.15) is 11.3 Å². The van der Waals surface area contributed by atoms with Gasteiger partial charge in [0.15, 0.2) is 0 Å². The van der Waals surface area contributed by atoms with Gasteiger partial charge < -0.3 is 9.64 Å². The predicted octanol–water partition coefficient (Wildman–Crippen LogP) is 4.51. The molecule has 2 aliphatic rings. The molecule has 0 unspecified atom stereocenters. The van der Waals surface area contributed by atoms with Crippen LogP contribution < -0.4 is 4.74 Å². The van der Waals surface area contributed by atoms with E-state index >= 15 is 0 Å². The molecule has 1 aliphatic carbocycles. The molecule has 0 radical (unpaired) electrons. The number of nitro benzene ring substituents is 1. The molecule has 2 fully saturated rings. The first-order valence-corrected chi connectivity index (χ1v) is 10.4. The van der Waals surface area contributed by atoms with Crippen LogP contribution in [0, 0.1) is 15.5 Å². The Labute approximate surface area is 158 Å². The molecule has 1 aromatic rings. The third-order valence-electron chi connectivity index (χ3n) is 5.95. The number of nitro groups is 1. The van der Waals surface area contributed by atoms with Crippen LogP contribution in [0.25, 0.3) is 0 Å². The van der Waals surface area contributed by atoms with Crippen molar-refractivity contribution in [2.45, 2.75) is 49.8 Å². The second-order valence-corrected chi connectivity index (χ2v) is 8.18. The molecule has 1 saturated carbocycles. The van der Waals surface area contributed by atoms with Crippen molar-refractivity contribution in [3.05, 3.63) is 27.8 Å². The van der Waals surface area contributed by atoms with Crippen LogP contribution in [0.15, 0.2) is 17.0 Å². The molecule has 1 amide bonds. The van der Waals surface area contributed by atoms with E-state index in [4.69, 9.17) is 4.74 Å². The fraction of sp³-hybridized carbons (Fsp3) is 0.632. The van der Waals surface area contributed by atoms with E-state index < -0.39 is 4.92 Å². The van der Waals surface area contributed by atoms with E-state index in [0.29, 0.717) is 24.3 Å². The molecule has 0 N–H and O–H groups in total. The van der Waals surface area contributed by atoms with Gasteiger partial charge in [0.2, 0.25) is 0 Å². The quantitative estimate of drug-likeness (QED) is 0.438. The molecule has 1 spiro atoms. The number of likely N-dealkylation sites (tertiary alicyclic amines) is 1. The van der Waals surface area contributed by atoms with Crippen molar-refractivity contribution in [2.24, 2.45) is 5.41 Å². The number of carbonyl (C=O) groups is 1. The van der Waals surface area contributed by atoms with E-state index in [1.807, 2.05) is 6.26 Å². The molecule has 7 heteroatoms. The molecule has 3 rings (SSSR count). The number of piperidine rings is 1. The van der Waals surface area contributed by atoms with Crippen LogP contribution in [0.5, 0.6) is 5.75 Å². The molecule has 1 aromatic carbocycles.